The molecule has 1 aromatic heterocycles. The average molecular weight is 332 g/mol. The van der Waals surface area contributed by atoms with E-state index >= 15 is 0 Å². The lowest BCUT2D eigenvalue weighted by Gasteiger charge is -2.32. The number of β-amino-alcohol motifs (C(OH)–C–C–N with tert-alkyl or cyclic N) is 1. The summed E-state index contributed by atoms with van der Waals surface area (Å²) < 4.78 is 0. The van der Waals surface area contributed by atoms with Crippen molar-refractivity contribution >= 4 is 23.1 Å². The number of piperidine rings is 1. The highest BCUT2D eigenvalue weighted by Gasteiger charge is 2.29. The Morgan fingerprint density at radius 3 is 3.13 bits per heavy atom. The normalized spacial score (nSPS) is 20.9. The van der Waals surface area contributed by atoms with E-state index in [1.807, 2.05) is 29.6 Å². The lowest BCUT2D eigenvalue weighted by Crippen LogP contribution is -2.53. The van der Waals surface area contributed by atoms with E-state index in [2.05, 4.69) is 20.9 Å². The first-order valence-electron chi connectivity index (χ1n) is 7.61. The van der Waals surface area contributed by atoms with Crippen molar-refractivity contribution in [3.05, 3.63) is 35.2 Å². The summed E-state index contributed by atoms with van der Waals surface area (Å²) in [4.78, 5) is 16.3. The number of hydrogen-bond acceptors (Lipinski definition) is 5. The number of aliphatic hydroxyl groups is 1. The molecule has 0 aliphatic carbocycles. The van der Waals surface area contributed by atoms with Crippen LogP contribution in [0.2, 0.25) is 0 Å². The highest BCUT2D eigenvalue weighted by atomic mass is 32.1. The standard InChI is InChI=1S/C16H20N4O2S/c21-15(18-10-16(22)5-2-6-17-9-16)20-13-4-1-3-12(7-13)14-8-23-11-19-14/h1,3-4,7-8,11,17,22H,2,5-6,9-10H2,(H2,18,20,21). The second-order valence-corrected chi connectivity index (χ2v) is 6.49. The van der Waals surface area contributed by atoms with Gasteiger partial charge in [0.2, 0.25) is 0 Å². The third-order valence-corrected chi connectivity index (χ3v) is 4.46. The molecule has 7 heteroatoms. The Kier molecular flexibility index (Phi) is 4.90. The van der Waals surface area contributed by atoms with E-state index in [0.29, 0.717) is 18.7 Å². The molecule has 1 aromatic carbocycles. The van der Waals surface area contributed by atoms with Gasteiger partial charge in [0.1, 0.15) is 0 Å². The molecule has 0 saturated carbocycles. The van der Waals surface area contributed by atoms with Gasteiger partial charge in [-0.3, -0.25) is 0 Å². The van der Waals surface area contributed by atoms with E-state index < -0.39 is 5.60 Å². The Bertz CT molecular complexity index is 654. The first-order chi connectivity index (χ1) is 11.1. The van der Waals surface area contributed by atoms with Gasteiger partial charge in [-0.2, -0.15) is 0 Å². The molecule has 1 unspecified atom stereocenters. The van der Waals surface area contributed by atoms with Crippen LogP contribution in [0.25, 0.3) is 11.3 Å². The predicted octanol–water partition coefficient (Wildman–Crippen LogP) is 2.05. The largest absolute Gasteiger partial charge is 0.387 e. The SMILES string of the molecule is O=C(NCC1(O)CCCNC1)Nc1cccc(-c2cscn2)c1. The van der Waals surface area contributed by atoms with E-state index in [4.69, 9.17) is 0 Å². The van der Waals surface area contributed by atoms with Crippen LogP contribution in [0.5, 0.6) is 0 Å². The molecule has 1 atom stereocenters. The Morgan fingerprint density at radius 1 is 1.48 bits per heavy atom. The van der Waals surface area contributed by atoms with Crippen molar-refractivity contribution in [1.29, 1.82) is 0 Å². The number of urea groups is 1. The summed E-state index contributed by atoms with van der Waals surface area (Å²) in [6, 6.07) is 7.22. The maximum atomic E-state index is 12.0. The lowest BCUT2D eigenvalue weighted by atomic mass is 9.94. The molecule has 2 aromatic rings. The number of anilines is 1. The predicted molar refractivity (Wildman–Crippen MR) is 91.6 cm³/mol. The van der Waals surface area contributed by atoms with E-state index in [9.17, 15) is 9.90 Å². The van der Waals surface area contributed by atoms with Crippen LogP contribution < -0.4 is 16.0 Å². The zero-order valence-corrected chi connectivity index (χ0v) is 13.5. The van der Waals surface area contributed by atoms with E-state index in [1.54, 1.807) is 5.51 Å². The minimum atomic E-state index is -0.863. The van der Waals surface area contributed by atoms with Crippen LogP contribution in [0.4, 0.5) is 10.5 Å². The maximum absolute atomic E-state index is 12.0. The van der Waals surface area contributed by atoms with Crippen molar-refractivity contribution < 1.29 is 9.90 Å². The molecule has 122 valence electrons. The van der Waals surface area contributed by atoms with E-state index in [0.717, 1.165) is 24.2 Å². The molecule has 4 N–H and O–H groups in total. The van der Waals surface area contributed by atoms with Gasteiger partial charge in [0.25, 0.3) is 0 Å². The maximum Gasteiger partial charge on any atom is 0.319 e. The van der Waals surface area contributed by atoms with Gasteiger partial charge in [-0.15, -0.1) is 11.3 Å². The molecule has 1 aliphatic heterocycles. The Morgan fingerprint density at radius 2 is 2.39 bits per heavy atom. The van der Waals surface area contributed by atoms with Gasteiger partial charge in [0.05, 0.1) is 16.8 Å². The number of nitrogens with one attached hydrogen (secondary N) is 3. The smallest absolute Gasteiger partial charge is 0.319 e. The van der Waals surface area contributed by atoms with Gasteiger partial charge >= 0.3 is 6.03 Å². The molecule has 0 spiro atoms. The van der Waals surface area contributed by atoms with Gasteiger partial charge in [0.15, 0.2) is 0 Å². The fourth-order valence-corrected chi connectivity index (χ4v) is 3.20. The molecule has 0 radical (unpaired) electrons. The van der Waals surface area contributed by atoms with Gasteiger partial charge in [-0.25, -0.2) is 9.78 Å². The molecule has 1 saturated heterocycles. The molecule has 2 heterocycles. The summed E-state index contributed by atoms with van der Waals surface area (Å²) in [5, 5.41) is 21.0. The summed E-state index contributed by atoms with van der Waals surface area (Å²) in [7, 11) is 0. The quantitative estimate of drug-likeness (QED) is 0.690. The average Bonchev–Trinajstić information content (AvgIpc) is 3.09. The first-order valence-corrected chi connectivity index (χ1v) is 8.56. The number of rotatable bonds is 4. The molecule has 0 bridgehead atoms. The molecular formula is C16H20N4O2S. The van der Waals surface area contributed by atoms with Crippen LogP contribution in [0, 0.1) is 0 Å². The third-order valence-electron chi connectivity index (χ3n) is 3.88. The van der Waals surface area contributed by atoms with Crippen LogP contribution in [-0.4, -0.2) is 41.4 Å². The van der Waals surface area contributed by atoms with Crippen molar-refractivity contribution in [2.24, 2.45) is 0 Å². The summed E-state index contributed by atoms with van der Waals surface area (Å²) in [6.07, 6.45) is 1.61. The minimum Gasteiger partial charge on any atom is -0.387 e. The molecule has 3 rings (SSSR count). The number of amides is 2. The zero-order valence-electron chi connectivity index (χ0n) is 12.7. The van der Waals surface area contributed by atoms with Gasteiger partial charge in [-0.05, 0) is 31.5 Å². The molecule has 6 nitrogen and oxygen atoms in total. The summed E-state index contributed by atoms with van der Waals surface area (Å²) in [5.74, 6) is 0. The van der Waals surface area contributed by atoms with E-state index in [-0.39, 0.29) is 12.6 Å². The molecule has 2 amide bonds. The second-order valence-electron chi connectivity index (χ2n) is 5.77. The first kappa shape index (κ1) is 15.9. The summed E-state index contributed by atoms with van der Waals surface area (Å²) in [5.41, 5.74) is 3.46. The summed E-state index contributed by atoms with van der Waals surface area (Å²) in [6.45, 7) is 1.65. The lowest BCUT2D eigenvalue weighted by molar-refractivity contribution is 0.0198. The van der Waals surface area contributed by atoms with Crippen LogP contribution in [-0.2, 0) is 0 Å². The number of aromatic nitrogens is 1. The molecule has 1 aliphatic rings. The number of nitrogens with zero attached hydrogens (tertiary/aromatic N) is 1. The zero-order chi connectivity index (χ0) is 16.1. The number of benzene rings is 1. The highest BCUT2D eigenvalue weighted by molar-refractivity contribution is 7.07. The van der Waals surface area contributed by atoms with Crippen molar-refractivity contribution in [1.82, 2.24) is 15.6 Å². The van der Waals surface area contributed by atoms with Crippen molar-refractivity contribution in [3.63, 3.8) is 0 Å². The van der Waals surface area contributed by atoms with Crippen molar-refractivity contribution in [2.45, 2.75) is 18.4 Å². The van der Waals surface area contributed by atoms with Crippen molar-refractivity contribution in [3.8, 4) is 11.3 Å². The number of carbonyl (C=O) groups excluding carboxylic acids is 1. The minimum absolute atomic E-state index is 0.234. The highest BCUT2D eigenvalue weighted by Crippen LogP contribution is 2.22. The number of hydrogen-bond donors (Lipinski definition) is 4. The van der Waals surface area contributed by atoms with Gasteiger partial charge < -0.3 is 21.1 Å². The fourth-order valence-electron chi connectivity index (χ4n) is 2.63. The third kappa shape index (κ3) is 4.28. The number of carbonyl (C=O) groups is 1. The second kappa shape index (κ2) is 7.08. The van der Waals surface area contributed by atoms with Crippen LogP contribution in [0.3, 0.4) is 0 Å². The van der Waals surface area contributed by atoms with Crippen LogP contribution >= 0.6 is 11.3 Å². The molecule has 23 heavy (non-hydrogen) atoms. The Hall–Kier alpha value is -1.96. The van der Waals surface area contributed by atoms with E-state index in [1.165, 1.54) is 11.3 Å². The molecule has 1 fully saturated rings. The topological polar surface area (TPSA) is 86.3 Å². The van der Waals surface area contributed by atoms with Crippen LogP contribution in [0.1, 0.15) is 12.8 Å². The van der Waals surface area contributed by atoms with Gasteiger partial charge in [-0.1, -0.05) is 12.1 Å². The monoisotopic (exact) mass is 332 g/mol. The summed E-state index contributed by atoms with van der Waals surface area (Å²) >= 11 is 1.53. The van der Waals surface area contributed by atoms with Crippen molar-refractivity contribution in [2.75, 3.05) is 25.0 Å². The van der Waals surface area contributed by atoms with Gasteiger partial charge in [0, 0.05) is 29.7 Å². The molecular weight excluding hydrogens is 312 g/mol. The Balaban J connectivity index is 1.56. The van der Waals surface area contributed by atoms with Crippen LogP contribution in [0.15, 0.2) is 35.2 Å². The Labute approximate surface area is 139 Å². The fraction of sp³-hybridized carbons (Fsp3) is 0.375. The number of thiazole rings is 1.